The molecule has 20 heavy (non-hydrogen) atoms. The molecule has 0 saturated heterocycles. The van der Waals surface area contributed by atoms with E-state index in [1.807, 2.05) is 0 Å². The largest absolute Gasteiger partial charge is 0.274 e. The molecule has 0 saturated carbocycles. The normalized spacial score (nSPS) is 11.1. The Morgan fingerprint density at radius 2 is 1.95 bits per heavy atom. The van der Waals surface area contributed by atoms with Crippen molar-refractivity contribution in [3.8, 4) is 0 Å². The lowest BCUT2D eigenvalue weighted by Gasteiger charge is -2.09. The predicted molar refractivity (Wildman–Crippen MR) is 74.4 cm³/mol. The fourth-order valence-corrected chi connectivity index (χ4v) is 3.02. The van der Waals surface area contributed by atoms with Crippen LogP contribution in [0.5, 0.6) is 0 Å². The number of aryl methyl sites for hydroxylation is 1. The summed E-state index contributed by atoms with van der Waals surface area (Å²) in [4.78, 5) is 15.8. The van der Waals surface area contributed by atoms with Crippen LogP contribution in [0.4, 0.5) is 0 Å². The first-order valence-electron chi connectivity index (χ1n) is 5.99. The molecule has 0 radical (unpaired) electrons. The summed E-state index contributed by atoms with van der Waals surface area (Å²) in [6.45, 7) is 1.68. The summed E-state index contributed by atoms with van der Waals surface area (Å²) in [6, 6.07) is 9.92. The highest BCUT2D eigenvalue weighted by Gasteiger charge is 2.19. The molecule has 1 N–H and O–H groups in total. The zero-order chi connectivity index (χ0) is 14.6. The van der Waals surface area contributed by atoms with E-state index >= 15 is 0 Å². The molecule has 6 heteroatoms. The summed E-state index contributed by atoms with van der Waals surface area (Å²) in [5.41, 5.74) is 1.25. The number of carbonyl (C=O) groups is 1. The van der Waals surface area contributed by atoms with Crippen LogP contribution in [0.3, 0.4) is 0 Å². The lowest BCUT2D eigenvalue weighted by Crippen LogP contribution is -2.32. The molecule has 2 rings (SSSR count). The number of pyridine rings is 1. The second-order valence-electron chi connectivity index (χ2n) is 4.33. The molecule has 0 spiro atoms. The lowest BCUT2D eigenvalue weighted by atomic mass is 10.2. The maximum Gasteiger partial charge on any atom is 0.264 e. The second-order valence-corrected chi connectivity index (χ2v) is 5.98. The van der Waals surface area contributed by atoms with E-state index in [9.17, 15) is 13.2 Å². The smallest absolute Gasteiger partial charge is 0.264 e. The molecule has 1 aromatic heterocycles. The summed E-state index contributed by atoms with van der Waals surface area (Å²) in [5.74, 6) is -0.582. The van der Waals surface area contributed by atoms with Crippen LogP contribution < -0.4 is 4.72 Å². The minimum Gasteiger partial charge on any atom is -0.274 e. The molecule has 5 nitrogen and oxygen atoms in total. The van der Waals surface area contributed by atoms with Gasteiger partial charge in [0.1, 0.15) is 0 Å². The summed E-state index contributed by atoms with van der Waals surface area (Å²) in [6.07, 6.45) is 3.09. The standard InChI is InChI=1S/C14H14N2O3S/c1-11-5-2-3-7-13(11)20(18,19)16-14(17)9-12-6-4-8-15-10-12/h2-8,10H,9H2,1H3,(H,16,17). The van der Waals surface area contributed by atoms with Crippen molar-refractivity contribution in [1.82, 2.24) is 9.71 Å². The number of rotatable bonds is 4. The average Bonchev–Trinajstić information content (AvgIpc) is 2.39. The van der Waals surface area contributed by atoms with Gasteiger partial charge in [-0.15, -0.1) is 0 Å². The van der Waals surface area contributed by atoms with Gasteiger partial charge in [-0.2, -0.15) is 0 Å². The van der Waals surface area contributed by atoms with Crippen LogP contribution in [-0.2, 0) is 21.2 Å². The molecule has 104 valence electrons. The number of nitrogens with zero attached hydrogens (tertiary/aromatic N) is 1. The van der Waals surface area contributed by atoms with E-state index in [0.29, 0.717) is 11.1 Å². The molecule has 0 bridgehead atoms. The van der Waals surface area contributed by atoms with Crippen LogP contribution in [0, 0.1) is 6.92 Å². The Hall–Kier alpha value is -2.21. The first-order valence-corrected chi connectivity index (χ1v) is 7.47. The van der Waals surface area contributed by atoms with Crippen LogP contribution in [0.15, 0.2) is 53.7 Å². The summed E-state index contributed by atoms with van der Waals surface area (Å²) < 4.78 is 26.3. The van der Waals surface area contributed by atoms with Crippen LogP contribution in [0.25, 0.3) is 0 Å². The van der Waals surface area contributed by atoms with Gasteiger partial charge in [0.05, 0.1) is 11.3 Å². The van der Waals surface area contributed by atoms with Crippen LogP contribution in [0.1, 0.15) is 11.1 Å². The van der Waals surface area contributed by atoms with E-state index < -0.39 is 15.9 Å². The van der Waals surface area contributed by atoms with Crippen molar-refractivity contribution < 1.29 is 13.2 Å². The summed E-state index contributed by atoms with van der Waals surface area (Å²) in [5, 5.41) is 0. The highest BCUT2D eigenvalue weighted by molar-refractivity contribution is 7.90. The Labute approximate surface area is 117 Å². The molecule has 0 unspecified atom stereocenters. The van der Waals surface area contributed by atoms with Crippen molar-refractivity contribution in [3.05, 3.63) is 59.9 Å². The SMILES string of the molecule is Cc1ccccc1S(=O)(=O)NC(=O)Cc1cccnc1. The molecule has 0 atom stereocenters. The first kappa shape index (κ1) is 14.2. The molecular weight excluding hydrogens is 276 g/mol. The number of nitrogens with one attached hydrogen (secondary N) is 1. The number of carbonyl (C=O) groups excluding carboxylic acids is 1. The summed E-state index contributed by atoms with van der Waals surface area (Å²) >= 11 is 0. The van der Waals surface area contributed by atoms with Crippen molar-refractivity contribution >= 4 is 15.9 Å². The topological polar surface area (TPSA) is 76.1 Å². The summed E-state index contributed by atoms with van der Waals surface area (Å²) in [7, 11) is -3.83. The van der Waals surface area contributed by atoms with Gasteiger partial charge in [0.15, 0.2) is 0 Å². The third-order valence-corrected chi connectivity index (χ3v) is 4.25. The van der Waals surface area contributed by atoms with E-state index in [0.717, 1.165) is 0 Å². The maximum absolute atomic E-state index is 12.1. The first-order chi connectivity index (χ1) is 9.49. The van der Waals surface area contributed by atoms with Crippen molar-refractivity contribution in [3.63, 3.8) is 0 Å². The van der Waals surface area contributed by atoms with Gasteiger partial charge in [0.2, 0.25) is 5.91 Å². The highest BCUT2D eigenvalue weighted by atomic mass is 32.2. The molecule has 1 aromatic carbocycles. The zero-order valence-electron chi connectivity index (χ0n) is 10.9. The monoisotopic (exact) mass is 290 g/mol. The molecule has 0 aliphatic rings. The molecule has 0 aliphatic heterocycles. The quantitative estimate of drug-likeness (QED) is 0.924. The lowest BCUT2D eigenvalue weighted by molar-refractivity contribution is -0.118. The second kappa shape index (κ2) is 5.83. The number of aromatic nitrogens is 1. The van der Waals surface area contributed by atoms with E-state index in [2.05, 4.69) is 9.71 Å². The third-order valence-electron chi connectivity index (χ3n) is 2.72. The Bertz CT molecular complexity index is 712. The van der Waals surface area contributed by atoms with Gasteiger partial charge >= 0.3 is 0 Å². The van der Waals surface area contributed by atoms with Gasteiger partial charge in [0, 0.05) is 12.4 Å². The number of sulfonamides is 1. The minimum absolute atomic E-state index is 0.0288. The highest BCUT2D eigenvalue weighted by Crippen LogP contribution is 2.13. The van der Waals surface area contributed by atoms with E-state index in [4.69, 9.17) is 0 Å². The van der Waals surface area contributed by atoms with Gasteiger partial charge in [0.25, 0.3) is 10.0 Å². The van der Waals surface area contributed by atoms with Crippen LogP contribution >= 0.6 is 0 Å². The number of amides is 1. The fraction of sp³-hybridized carbons (Fsp3) is 0.143. The van der Waals surface area contributed by atoms with Crippen molar-refractivity contribution in [2.75, 3.05) is 0 Å². The fourth-order valence-electron chi connectivity index (χ4n) is 1.79. The van der Waals surface area contributed by atoms with Crippen molar-refractivity contribution in [2.45, 2.75) is 18.2 Å². The Balaban J connectivity index is 2.13. The maximum atomic E-state index is 12.1. The van der Waals surface area contributed by atoms with Gasteiger partial charge in [-0.05, 0) is 30.2 Å². The van der Waals surface area contributed by atoms with E-state index in [-0.39, 0.29) is 11.3 Å². The molecular formula is C14H14N2O3S. The van der Waals surface area contributed by atoms with Gasteiger partial charge in [-0.25, -0.2) is 13.1 Å². The Kier molecular flexibility index (Phi) is 4.14. The van der Waals surface area contributed by atoms with Gasteiger partial charge < -0.3 is 0 Å². The molecule has 1 heterocycles. The molecule has 0 fully saturated rings. The van der Waals surface area contributed by atoms with E-state index in [1.165, 1.54) is 12.3 Å². The van der Waals surface area contributed by atoms with Gasteiger partial charge in [-0.1, -0.05) is 24.3 Å². The van der Waals surface area contributed by atoms with Crippen LogP contribution in [0.2, 0.25) is 0 Å². The van der Waals surface area contributed by atoms with Gasteiger partial charge in [-0.3, -0.25) is 9.78 Å². The number of benzene rings is 1. The van der Waals surface area contributed by atoms with Crippen LogP contribution in [-0.4, -0.2) is 19.3 Å². The third kappa shape index (κ3) is 3.42. The number of hydrogen-bond donors (Lipinski definition) is 1. The molecule has 1 amide bonds. The van der Waals surface area contributed by atoms with E-state index in [1.54, 1.807) is 43.5 Å². The average molecular weight is 290 g/mol. The Morgan fingerprint density at radius 1 is 1.20 bits per heavy atom. The predicted octanol–water partition coefficient (Wildman–Crippen LogP) is 1.44. The Morgan fingerprint density at radius 3 is 2.60 bits per heavy atom. The molecule has 2 aromatic rings. The van der Waals surface area contributed by atoms with Crippen molar-refractivity contribution in [2.24, 2.45) is 0 Å². The zero-order valence-corrected chi connectivity index (χ0v) is 11.7. The minimum atomic E-state index is -3.83. The molecule has 0 aliphatic carbocycles. The van der Waals surface area contributed by atoms with Crippen molar-refractivity contribution in [1.29, 1.82) is 0 Å². The number of hydrogen-bond acceptors (Lipinski definition) is 4.